The van der Waals surface area contributed by atoms with E-state index in [0.717, 1.165) is 50.5 Å². The average molecular weight is 457 g/mol. The zero-order chi connectivity index (χ0) is 23.2. The third-order valence-corrected chi connectivity index (χ3v) is 6.91. The summed E-state index contributed by atoms with van der Waals surface area (Å²) in [5.41, 5.74) is 2.52. The number of nitrogens with one attached hydrogen (secondary N) is 1. The van der Waals surface area contributed by atoms with Crippen molar-refractivity contribution in [3.8, 4) is 11.4 Å². The summed E-state index contributed by atoms with van der Waals surface area (Å²) in [5.74, 6) is -0.165. The van der Waals surface area contributed by atoms with Crippen LogP contribution < -0.4 is 5.32 Å². The number of hydrogen-bond acceptors (Lipinski definition) is 6. The monoisotopic (exact) mass is 456 g/mol. The fraction of sp³-hybridized carbons (Fsp3) is 0.360. The van der Waals surface area contributed by atoms with Crippen molar-refractivity contribution in [2.45, 2.75) is 57.0 Å². The van der Waals surface area contributed by atoms with E-state index < -0.39 is 0 Å². The van der Waals surface area contributed by atoms with Crippen LogP contribution in [0.3, 0.4) is 0 Å². The van der Waals surface area contributed by atoms with Crippen LogP contribution in [0.25, 0.3) is 11.4 Å². The first-order valence-corrected chi connectivity index (χ1v) is 11.8. The second kappa shape index (κ2) is 8.16. The Labute approximate surface area is 196 Å². The fourth-order valence-electron chi connectivity index (χ4n) is 4.93. The molecule has 34 heavy (non-hydrogen) atoms. The van der Waals surface area contributed by atoms with E-state index in [9.17, 15) is 14.4 Å². The van der Waals surface area contributed by atoms with Crippen LogP contribution in [-0.4, -0.2) is 48.9 Å². The molecule has 2 aromatic carbocycles. The van der Waals surface area contributed by atoms with Crippen LogP contribution in [0, 0.1) is 0 Å². The quantitative estimate of drug-likeness (QED) is 0.584. The minimum absolute atomic E-state index is 0.0437. The molecule has 3 amide bonds. The van der Waals surface area contributed by atoms with Crippen LogP contribution in [0.4, 0.5) is 5.69 Å². The molecule has 6 rings (SSSR count). The van der Waals surface area contributed by atoms with E-state index in [0.29, 0.717) is 34.2 Å². The Hall–Kier alpha value is -3.88. The van der Waals surface area contributed by atoms with Gasteiger partial charge in [-0.25, -0.2) is 4.68 Å². The van der Waals surface area contributed by atoms with E-state index in [1.54, 1.807) is 24.3 Å². The van der Waals surface area contributed by atoms with Crippen molar-refractivity contribution >= 4 is 23.4 Å². The zero-order valence-electron chi connectivity index (χ0n) is 18.6. The highest BCUT2D eigenvalue weighted by Gasteiger charge is 2.40. The first-order chi connectivity index (χ1) is 16.6. The Morgan fingerprint density at radius 2 is 1.59 bits per heavy atom. The van der Waals surface area contributed by atoms with Crippen LogP contribution >= 0.6 is 0 Å². The number of anilines is 1. The van der Waals surface area contributed by atoms with E-state index in [1.807, 2.05) is 16.8 Å². The van der Waals surface area contributed by atoms with Crippen molar-refractivity contribution in [2.24, 2.45) is 0 Å². The highest BCUT2D eigenvalue weighted by molar-refractivity contribution is 6.22. The Morgan fingerprint density at radius 3 is 2.32 bits per heavy atom. The number of aromatic nitrogens is 4. The molecule has 2 saturated carbocycles. The van der Waals surface area contributed by atoms with Gasteiger partial charge in [0.25, 0.3) is 17.7 Å². The largest absolute Gasteiger partial charge is 0.322 e. The zero-order valence-corrected chi connectivity index (χ0v) is 18.6. The third-order valence-electron chi connectivity index (χ3n) is 6.91. The van der Waals surface area contributed by atoms with Gasteiger partial charge in [0.2, 0.25) is 0 Å². The summed E-state index contributed by atoms with van der Waals surface area (Å²) < 4.78 is 1.84. The maximum atomic E-state index is 13.0. The van der Waals surface area contributed by atoms with E-state index >= 15 is 0 Å². The van der Waals surface area contributed by atoms with Gasteiger partial charge in [0, 0.05) is 22.9 Å². The number of fused-ring (bicyclic) bond motifs is 1. The molecule has 2 aliphatic carbocycles. The summed E-state index contributed by atoms with van der Waals surface area (Å²) in [4.78, 5) is 40.2. The molecule has 9 heteroatoms. The van der Waals surface area contributed by atoms with Crippen LogP contribution in [0.15, 0.2) is 42.5 Å². The van der Waals surface area contributed by atoms with E-state index in [4.69, 9.17) is 0 Å². The summed E-state index contributed by atoms with van der Waals surface area (Å²) in [5, 5.41) is 14.8. The summed E-state index contributed by atoms with van der Waals surface area (Å²) in [7, 11) is 0. The second-order valence-electron chi connectivity index (χ2n) is 9.24. The Morgan fingerprint density at radius 1 is 0.853 bits per heavy atom. The predicted molar refractivity (Wildman–Crippen MR) is 123 cm³/mol. The number of imide groups is 1. The molecular weight excluding hydrogens is 432 g/mol. The van der Waals surface area contributed by atoms with Crippen LogP contribution in [0.2, 0.25) is 0 Å². The highest BCUT2D eigenvalue weighted by atomic mass is 16.2. The number of nitrogens with zero attached hydrogens (tertiary/aromatic N) is 5. The summed E-state index contributed by atoms with van der Waals surface area (Å²) in [6, 6.07) is 12.4. The number of amides is 3. The predicted octanol–water partition coefficient (Wildman–Crippen LogP) is 3.86. The van der Waals surface area contributed by atoms with Crippen molar-refractivity contribution < 1.29 is 14.4 Å². The van der Waals surface area contributed by atoms with E-state index in [1.165, 1.54) is 11.0 Å². The highest BCUT2D eigenvalue weighted by Crippen LogP contribution is 2.36. The van der Waals surface area contributed by atoms with Crippen molar-refractivity contribution in [2.75, 3.05) is 5.32 Å². The van der Waals surface area contributed by atoms with Gasteiger partial charge in [-0.05, 0) is 78.6 Å². The first kappa shape index (κ1) is 20.7. The van der Waals surface area contributed by atoms with Crippen molar-refractivity contribution in [3.05, 3.63) is 59.2 Å². The van der Waals surface area contributed by atoms with Crippen molar-refractivity contribution in [1.29, 1.82) is 0 Å². The molecule has 9 nitrogen and oxygen atoms in total. The van der Waals surface area contributed by atoms with Gasteiger partial charge in [0.05, 0.1) is 17.2 Å². The Balaban J connectivity index is 1.18. The number of benzene rings is 2. The molecule has 0 atom stereocenters. The van der Waals surface area contributed by atoms with Gasteiger partial charge in [-0.1, -0.05) is 19.3 Å². The topological polar surface area (TPSA) is 110 Å². The minimum atomic E-state index is -0.338. The summed E-state index contributed by atoms with van der Waals surface area (Å²) >= 11 is 0. The SMILES string of the molecule is O=C(Nc1ccc(-c2nnnn2C2CC2)cc1)c1ccc2c(c1)C(=O)N(C1CCCCC1)C2=O. The number of carbonyl (C=O) groups is 3. The molecule has 0 saturated heterocycles. The van der Waals surface area contributed by atoms with Crippen LogP contribution in [0.5, 0.6) is 0 Å². The number of hydrogen-bond donors (Lipinski definition) is 1. The minimum Gasteiger partial charge on any atom is -0.322 e. The smallest absolute Gasteiger partial charge is 0.261 e. The number of carbonyl (C=O) groups excluding carboxylic acids is 3. The summed E-state index contributed by atoms with van der Waals surface area (Å²) in [6.07, 6.45) is 7.06. The Bertz CT molecular complexity index is 1290. The lowest BCUT2D eigenvalue weighted by Gasteiger charge is -2.29. The average Bonchev–Trinajstić information content (AvgIpc) is 3.54. The normalized spacial score (nSPS) is 18.3. The van der Waals surface area contributed by atoms with Crippen molar-refractivity contribution in [1.82, 2.24) is 25.1 Å². The molecule has 0 radical (unpaired) electrons. The molecule has 2 fully saturated rings. The molecule has 1 aliphatic heterocycles. The van der Waals surface area contributed by atoms with Gasteiger partial charge in [0.1, 0.15) is 0 Å². The van der Waals surface area contributed by atoms with Gasteiger partial charge in [-0.2, -0.15) is 0 Å². The van der Waals surface area contributed by atoms with Crippen LogP contribution in [-0.2, 0) is 0 Å². The molecule has 1 aromatic heterocycles. The molecule has 172 valence electrons. The maximum absolute atomic E-state index is 13.0. The lowest BCUT2D eigenvalue weighted by Crippen LogP contribution is -2.40. The van der Waals surface area contributed by atoms with Crippen molar-refractivity contribution in [3.63, 3.8) is 0 Å². The maximum Gasteiger partial charge on any atom is 0.261 e. The summed E-state index contributed by atoms with van der Waals surface area (Å²) in [6.45, 7) is 0. The Kier molecular flexibility index (Phi) is 4.97. The van der Waals surface area contributed by atoms with Gasteiger partial charge in [-0.15, -0.1) is 5.10 Å². The molecule has 3 aromatic rings. The van der Waals surface area contributed by atoms with Gasteiger partial charge < -0.3 is 5.32 Å². The molecule has 0 unspecified atom stereocenters. The lowest BCUT2D eigenvalue weighted by molar-refractivity contribution is 0.0549. The van der Waals surface area contributed by atoms with E-state index in [-0.39, 0.29) is 23.8 Å². The lowest BCUT2D eigenvalue weighted by atomic mass is 9.94. The number of rotatable bonds is 5. The standard InChI is InChI=1S/C25H24N6O3/c32-23(26-17-9-6-15(7-10-17)22-27-28-29-31(22)19-11-12-19)16-8-13-20-21(14-16)25(34)30(24(20)33)18-4-2-1-3-5-18/h6-10,13-14,18-19H,1-5,11-12H2,(H,26,32). The number of tetrazole rings is 1. The van der Waals surface area contributed by atoms with Gasteiger partial charge >= 0.3 is 0 Å². The molecule has 2 heterocycles. The third kappa shape index (κ3) is 3.57. The van der Waals surface area contributed by atoms with Crippen LogP contribution in [0.1, 0.15) is 82.1 Å². The molecular formula is C25H24N6O3. The molecule has 0 spiro atoms. The molecule has 1 N–H and O–H groups in total. The molecule has 3 aliphatic rings. The first-order valence-electron chi connectivity index (χ1n) is 11.8. The fourth-order valence-corrected chi connectivity index (χ4v) is 4.93. The second-order valence-corrected chi connectivity index (χ2v) is 9.24. The van der Waals surface area contributed by atoms with E-state index in [2.05, 4.69) is 20.8 Å². The van der Waals surface area contributed by atoms with Gasteiger partial charge in [0.15, 0.2) is 5.82 Å². The van der Waals surface area contributed by atoms with Gasteiger partial charge in [-0.3, -0.25) is 19.3 Å². The molecule has 0 bridgehead atoms.